The number of nitrogens with zero attached hydrogens (tertiary/aromatic N) is 2. The van der Waals surface area contributed by atoms with Gasteiger partial charge < -0.3 is 9.80 Å². The van der Waals surface area contributed by atoms with E-state index in [1.807, 2.05) is 0 Å². The van der Waals surface area contributed by atoms with E-state index >= 15 is 0 Å². The van der Waals surface area contributed by atoms with E-state index in [1.54, 1.807) is 0 Å². The van der Waals surface area contributed by atoms with Crippen LogP contribution in [0.3, 0.4) is 0 Å². The summed E-state index contributed by atoms with van der Waals surface area (Å²) in [5, 5.41) is 19.6. The summed E-state index contributed by atoms with van der Waals surface area (Å²) in [6.07, 6.45) is 0. The van der Waals surface area contributed by atoms with E-state index in [-0.39, 0.29) is 0 Å². The Balaban J connectivity index is 0.963. The molecule has 0 amide bonds. The monoisotopic (exact) mass is 964 g/mol. The predicted molar refractivity (Wildman–Crippen MR) is 327 cm³/mol. The van der Waals surface area contributed by atoms with Crippen molar-refractivity contribution in [3.05, 3.63) is 291 Å². The molecule has 15 aromatic carbocycles. The second kappa shape index (κ2) is 17.9. The number of hydrogen-bond acceptors (Lipinski definition) is 2. The van der Waals surface area contributed by atoms with Gasteiger partial charge in [-0.3, -0.25) is 0 Å². The van der Waals surface area contributed by atoms with Gasteiger partial charge in [0.15, 0.2) is 0 Å². The van der Waals surface area contributed by atoms with Crippen LogP contribution in [-0.2, 0) is 0 Å². The van der Waals surface area contributed by atoms with Crippen molar-refractivity contribution in [2.24, 2.45) is 0 Å². The van der Waals surface area contributed by atoms with Crippen LogP contribution in [0.5, 0.6) is 0 Å². The lowest BCUT2D eigenvalue weighted by Crippen LogP contribution is -2.11. The molecule has 0 saturated heterocycles. The van der Waals surface area contributed by atoms with Gasteiger partial charge in [0, 0.05) is 32.9 Å². The Bertz CT molecular complexity index is 4280. The SMILES string of the molecule is c1ccc2c(N(c3ccc(-c4c5ccccc5c(-c5ccc(N(c6cccc7ccccc67)c6cccc7ccccc67)cc5)c5c6ccccc6c6ccccc6c45)cc3)c3cccc4ccccc34)cccc2c1. The standard InChI is InChI=1S/C74H48N2/c1-5-27-57-49(19-1)23-15-37-67(57)75(68-38-16-24-50-20-2-6-28-58(50)68)55-45-41-53(42-46-55)71-65-35-13-14-36-66(65)72(74-64-34-12-10-32-62(64)61-31-9-11-33-63(61)73(71)74)54-43-47-56(48-44-54)76(69-39-17-25-51-21-3-7-29-59(51)69)70-40-18-26-52-22-4-8-30-60(52)70/h1-48H. The van der Waals surface area contributed by atoms with E-state index < -0.39 is 0 Å². The van der Waals surface area contributed by atoms with Gasteiger partial charge in [-0.1, -0.05) is 243 Å². The molecule has 0 N–H and O–H groups in total. The molecule has 15 aromatic rings. The van der Waals surface area contributed by atoms with E-state index in [2.05, 4.69) is 301 Å². The van der Waals surface area contributed by atoms with Crippen molar-refractivity contribution >= 4 is 120 Å². The molecule has 0 atom stereocenters. The van der Waals surface area contributed by atoms with Crippen LogP contribution in [0.15, 0.2) is 291 Å². The van der Waals surface area contributed by atoms with Crippen LogP contribution in [0.4, 0.5) is 34.1 Å². The fourth-order valence-corrected chi connectivity index (χ4v) is 12.4. The Morgan fingerprint density at radius 2 is 0.408 bits per heavy atom. The van der Waals surface area contributed by atoms with Gasteiger partial charge in [-0.2, -0.15) is 0 Å². The van der Waals surface area contributed by atoms with Crippen LogP contribution in [-0.4, -0.2) is 0 Å². The van der Waals surface area contributed by atoms with E-state index in [1.165, 1.54) is 108 Å². The lowest BCUT2D eigenvalue weighted by atomic mass is 9.81. The van der Waals surface area contributed by atoms with E-state index in [4.69, 9.17) is 0 Å². The van der Waals surface area contributed by atoms with Crippen molar-refractivity contribution in [2.45, 2.75) is 0 Å². The molecule has 0 aromatic heterocycles. The van der Waals surface area contributed by atoms with Gasteiger partial charge >= 0.3 is 0 Å². The summed E-state index contributed by atoms with van der Waals surface area (Å²) < 4.78 is 0. The third-order valence-electron chi connectivity index (χ3n) is 15.8. The third kappa shape index (κ3) is 6.96. The molecule has 15 rings (SSSR count). The molecule has 0 fully saturated rings. The molecule has 0 heterocycles. The van der Waals surface area contributed by atoms with Gasteiger partial charge in [0.2, 0.25) is 0 Å². The molecule has 2 nitrogen and oxygen atoms in total. The maximum atomic E-state index is 2.45. The lowest BCUT2D eigenvalue weighted by Gasteiger charge is -2.29. The van der Waals surface area contributed by atoms with Crippen molar-refractivity contribution in [1.82, 2.24) is 0 Å². The van der Waals surface area contributed by atoms with Crippen LogP contribution in [0.25, 0.3) is 108 Å². The smallest absolute Gasteiger partial charge is 0.0540 e. The third-order valence-corrected chi connectivity index (χ3v) is 15.8. The number of benzene rings is 15. The number of anilines is 6. The highest BCUT2D eigenvalue weighted by atomic mass is 15.2. The van der Waals surface area contributed by atoms with Crippen LogP contribution >= 0.6 is 0 Å². The summed E-state index contributed by atoms with van der Waals surface area (Å²) >= 11 is 0. The van der Waals surface area contributed by atoms with E-state index in [0.29, 0.717) is 0 Å². The molecule has 0 spiro atoms. The fourth-order valence-electron chi connectivity index (χ4n) is 12.4. The molecule has 354 valence electrons. The largest absolute Gasteiger partial charge is 0.309 e. The maximum Gasteiger partial charge on any atom is 0.0540 e. The number of rotatable bonds is 8. The Labute approximate surface area is 441 Å². The van der Waals surface area contributed by atoms with Crippen LogP contribution < -0.4 is 9.80 Å². The van der Waals surface area contributed by atoms with Crippen LogP contribution in [0.2, 0.25) is 0 Å². The average Bonchev–Trinajstić information content (AvgIpc) is 3.53. The molecule has 0 aliphatic rings. The molecular formula is C74H48N2. The van der Waals surface area contributed by atoms with Crippen molar-refractivity contribution in [1.29, 1.82) is 0 Å². The Morgan fingerprint density at radius 3 is 0.711 bits per heavy atom. The molecule has 0 radical (unpaired) electrons. The Hall–Kier alpha value is -10.0. The zero-order chi connectivity index (χ0) is 50.1. The van der Waals surface area contributed by atoms with Crippen molar-refractivity contribution in [3.8, 4) is 22.3 Å². The van der Waals surface area contributed by atoms with Crippen molar-refractivity contribution in [3.63, 3.8) is 0 Å². The molecule has 0 aliphatic carbocycles. The molecular weight excluding hydrogens is 917 g/mol. The fraction of sp³-hybridized carbons (Fsp3) is 0. The van der Waals surface area contributed by atoms with Gasteiger partial charge in [-0.25, -0.2) is 0 Å². The highest BCUT2D eigenvalue weighted by molar-refractivity contribution is 6.36. The normalized spacial score (nSPS) is 11.7. The number of fused-ring (bicyclic) bond motifs is 11. The van der Waals surface area contributed by atoms with Gasteiger partial charge in [-0.15, -0.1) is 0 Å². The zero-order valence-electron chi connectivity index (χ0n) is 41.6. The Kier molecular flexibility index (Phi) is 10.2. The van der Waals surface area contributed by atoms with Gasteiger partial charge in [0.05, 0.1) is 22.7 Å². The second-order valence-electron chi connectivity index (χ2n) is 19.9. The average molecular weight is 965 g/mol. The topological polar surface area (TPSA) is 6.48 Å². The van der Waals surface area contributed by atoms with Gasteiger partial charge in [0.25, 0.3) is 0 Å². The first-order chi connectivity index (χ1) is 37.7. The zero-order valence-corrected chi connectivity index (χ0v) is 41.6. The summed E-state index contributed by atoms with van der Waals surface area (Å²) in [6.45, 7) is 0. The molecule has 2 heteroatoms. The summed E-state index contributed by atoms with van der Waals surface area (Å²) in [6, 6.07) is 107. The number of hydrogen-bond donors (Lipinski definition) is 0. The summed E-state index contributed by atoms with van der Waals surface area (Å²) in [7, 11) is 0. The maximum absolute atomic E-state index is 2.45. The first-order valence-electron chi connectivity index (χ1n) is 26.3. The summed E-state index contributed by atoms with van der Waals surface area (Å²) in [4.78, 5) is 4.89. The summed E-state index contributed by atoms with van der Waals surface area (Å²) in [5.41, 5.74) is 11.6. The predicted octanol–water partition coefficient (Wildman–Crippen LogP) is 21.2. The first kappa shape index (κ1) is 43.6. The molecule has 0 bridgehead atoms. The van der Waals surface area contributed by atoms with Gasteiger partial charge in [0.1, 0.15) is 0 Å². The first-order valence-corrected chi connectivity index (χ1v) is 26.3. The molecule has 0 saturated carbocycles. The van der Waals surface area contributed by atoms with E-state index in [9.17, 15) is 0 Å². The highest BCUT2D eigenvalue weighted by Gasteiger charge is 2.24. The van der Waals surface area contributed by atoms with Gasteiger partial charge in [-0.05, 0) is 135 Å². The minimum atomic E-state index is 1.10. The van der Waals surface area contributed by atoms with Crippen LogP contribution in [0, 0.1) is 0 Å². The van der Waals surface area contributed by atoms with Crippen LogP contribution in [0.1, 0.15) is 0 Å². The molecule has 0 unspecified atom stereocenters. The molecule has 76 heavy (non-hydrogen) atoms. The van der Waals surface area contributed by atoms with Crippen molar-refractivity contribution < 1.29 is 0 Å². The minimum Gasteiger partial charge on any atom is -0.309 e. The summed E-state index contributed by atoms with van der Waals surface area (Å²) in [5.74, 6) is 0. The lowest BCUT2D eigenvalue weighted by molar-refractivity contribution is 1.31. The van der Waals surface area contributed by atoms with E-state index in [0.717, 1.165) is 34.1 Å². The molecule has 0 aliphatic heterocycles. The Morgan fingerprint density at radius 1 is 0.171 bits per heavy atom. The highest BCUT2D eigenvalue weighted by Crippen LogP contribution is 2.51. The quantitative estimate of drug-likeness (QED) is 0.111. The van der Waals surface area contributed by atoms with Crippen molar-refractivity contribution in [2.75, 3.05) is 9.80 Å². The minimum absolute atomic E-state index is 1.10. The second-order valence-corrected chi connectivity index (χ2v) is 19.9.